The predicted molar refractivity (Wildman–Crippen MR) is 50.2 cm³/mol. The van der Waals surface area contributed by atoms with Gasteiger partial charge in [0.1, 0.15) is 0 Å². The highest BCUT2D eigenvalue weighted by Crippen LogP contribution is 1.93. The summed E-state index contributed by atoms with van der Waals surface area (Å²) in [7, 11) is 3.97. The van der Waals surface area contributed by atoms with E-state index < -0.39 is 0 Å². The molecule has 0 bridgehead atoms. The summed E-state index contributed by atoms with van der Waals surface area (Å²) < 4.78 is 0. The molecule has 0 fully saturated rings. The molecule has 0 aromatic carbocycles. The van der Waals surface area contributed by atoms with Crippen molar-refractivity contribution >= 4 is 17.6 Å². The number of allylic oxidation sites excluding steroid dienone is 3. The number of nitrogens with zero attached hydrogens (tertiary/aromatic N) is 1. The Hall–Kier alpha value is -0.630. The molecule has 0 aliphatic heterocycles. The highest BCUT2D eigenvalue weighted by Gasteiger charge is 1.78. The minimum absolute atomic E-state index is 1.17. The van der Waals surface area contributed by atoms with Crippen LogP contribution in [0.1, 0.15) is 6.92 Å². The van der Waals surface area contributed by atoms with Gasteiger partial charge in [0.15, 0.2) is 0 Å². The first-order valence-electron chi connectivity index (χ1n) is 3.13. The fraction of sp³-hybridized carbons (Fsp3) is 0.375. The molecule has 0 aliphatic rings. The maximum Gasteiger partial charge on any atom is 0.00556 e. The maximum absolute atomic E-state index is 4.66. The Morgan fingerprint density at radius 2 is 2.00 bits per heavy atom. The van der Waals surface area contributed by atoms with Gasteiger partial charge in [-0.05, 0) is 30.8 Å². The van der Waals surface area contributed by atoms with E-state index in [1.165, 1.54) is 5.57 Å². The summed E-state index contributed by atoms with van der Waals surface area (Å²) in [6.45, 7) is 2.02. The molecule has 0 atom stereocenters. The average molecular weight is 155 g/mol. The minimum Gasteiger partial charge on any atom is -0.383 e. The van der Waals surface area contributed by atoms with Crippen LogP contribution in [0.4, 0.5) is 0 Å². The standard InChI is InChI=1S/C8H13NS/c1-8(5-7-10)4-6-9(2)3/h4-7H,1-3H3/b6-4-,8-5-. The van der Waals surface area contributed by atoms with Crippen molar-refractivity contribution < 1.29 is 0 Å². The monoisotopic (exact) mass is 155 g/mol. The molecule has 2 heteroatoms. The van der Waals surface area contributed by atoms with E-state index >= 15 is 0 Å². The van der Waals surface area contributed by atoms with Crippen molar-refractivity contribution in [3.05, 3.63) is 23.9 Å². The van der Waals surface area contributed by atoms with Gasteiger partial charge in [-0.1, -0.05) is 12.2 Å². The third-order valence-corrected chi connectivity index (χ3v) is 1.10. The van der Waals surface area contributed by atoms with Crippen LogP contribution in [-0.2, 0) is 0 Å². The first kappa shape index (κ1) is 9.37. The lowest BCUT2D eigenvalue weighted by atomic mass is 10.3. The van der Waals surface area contributed by atoms with E-state index in [2.05, 4.69) is 12.2 Å². The molecule has 0 saturated heterocycles. The fourth-order valence-corrected chi connectivity index (χ4v) is 0.644. The molecule has 0 radical (unpaired) electrons. The Labute approximate surface area is 68.0 Å². The Kier molecular flexibility index (Phi) is 4.85. The van der Waals surface area contributed by atoms with Gasteiger partial charge in [-0.2, -0.15) is 0 Å². The quantitative estimate of drug-likeness (QED) is 0.348. The summed E-state index contributed by atoms with van der Waals surface area (Å²) in [5.74, 6) is 0. The number of hydrogen-bond acceptors (Lipinski definition) is 2. The molecule has 0 aliphatic carbocycles. The minimum atomic E-state index is 1.17. The molecule has 1 nitrogen and oxygen atoms in total. The summed E-state index contributed by atoms with van der Waals surface area (Å²) in [4.78, 5) is 1.99. The molecule has 0 unspecified atom stereocenters. The van der Waals surface area contributed by atoms with E-state index in [0.29, 0.717) is 0 Å². The van der Waals surface area contributed by atoms with Gasteiger partial charge in [0.2, 0.25) is 0 Å². The summed E-state index contributed by atoms with van der Waals surface area (Å²) in [5.41, 5.74) is 1.17. The summed E-state index contributed by atoms with van der Waals surface area (Å²) >= 11 is 4.66. The Bertz CT molecular complexity index is 157. The van der Waals surface area contributed by atoms with E-state index in [4.69, 9.17) is 0 Å². The second-order valence-corrected chi connectivity index (χ2v) is 2.60. The molecule has 10 heavy (non-hydrogen) atoms. The molecule has 0 rings (SSSR count). The third kappa shape index (κ3) is 5.51. The van der Waals surface area contributed by atoms with Gasteiger partial charge in [-0.3, -0.25) is 0 Å². The van der Waals surface area contributed by atoms with E-state index in [1.54, 1.807) is 5.37 Å². The van der Waals surface area contributed by atoms with E-state index in [9.17, 15) is 0 Å². The zero-order valence-corrected chi connectivity index (χ0v) is 7.48. The van der Waals surface area contributed by atoms with Crippen LogP contribution in [0.2, 0.25) is 0 Å². The van der Waals surface area contributed by atoms with Gasteiger partial charge in [-0.15, -0.1) is 0 Å². The summed E-state index contributed by atoms with van der Waals surface area (Å²) in [6, 6.07) is 0. The first-order valence-corrected chi connectivity index (χ1v) is 3.60. The number of hydrogen-bond donors (Lipinski definition) is 0. The second-order valence-electron chi connectivity index (χ2n) is 2.33. The zero-order valence-electron chi connectivity index (χ0n) is 6.66. The van der Waals surface area contributed by atoms with Crippen molar-refractivity contribution in [2.24, 2.45) is 0 Å². The maximum atomic E-state index is 4.66. The van der Waals surface area contributed by atoms with Crippen LogP contribution in [0.3, 0.4) is 0 Å². The Morgan fingerprint density at radius 3 is 2.40 bits per heavy atom. The van der Waals surface area contributed by atoms with Gasteiger partial charge in [0.05, 0.1) is 0 Å². The topological polar surface area (TPSA) is 3.24 Å². The summed E-state index contributed by atoms with van der Waals surface area (Å²) in [6.07, 6.45) is 5.91. The lowest BCUT2D eigenvalue weighted by Crippen LogP contribution is -1.99. The Morgan fingerprint density at radius 1 is 1.40 bits per heavy atom. The third-order valence-electron chi connectivity index (χ3n) is 0.967. The average Bonchev–Trinajstić information content (AvgIpc) is 1.85. The molecule has 0 saturated carbocycles. The molecule has 0 amide bonds. The van der Waals surface area contributed by atoms with Gasteiger partial charge in [0, 0.05) is 19.5 Å². The smallest absolute Gasteiger partial charge is 0.00556 e. The van der Waals surface area contributed by atoms with Crippen molar-refractivity contribution in [3.63, 3.8) is 0 Å². The largest absolute Gasteiger partial charge is 0.383 e. The van der Waals surface area contributed by atoms with Crippen molar-refractivity contribution in [2.75, 3.05) is 14.1 Å². The van der Waals surface area contributed by atoms with Crippen LogP contribution in [-0.4, -0.2) is 24.4 Å². The highest BCUT2D eigenvalue weighted by atomic mass is 32.1. The molecular weight excluding hydrogens is 142 g/mol. The molecule has 0 heterocycles. The van der Waals surface area contributed by atoms with E-state index in [-0.39, 0.29) is 0 Å². The molecule has 0 N–H and O–H groups in total. The van der Waals surface area contributed by atoms with Gasteiger partial charge >= 0.3 is 0 Å². The first-order chi connectivity index (χ1) is 4.66. The number of rotatable bonds is 3. The zero-order chi connectivity index (χ0) is 7.98. The van der Waals surface area contributed by atoms with Gasteiger partial charge < -0.3 is 4.90 Å². The lowest BCUT2D eigenvalue weighted by Gasteiger charge is -2.02. The SMILES string of the molecule is CC(/C=C\N(C)C)=C/C=S. The molecule has 0 aromatic rings. The predicted octanol–water partition coefficient (Wildman–Crippen LogP) is 2.01. The van der Waals surface area contributed by atoms with Crippen LogP contribution in [0.15, 0.2) is 23.9 Å². The van der Waals surface area contributed by atoms with Crippen LogP contribution >= 0.6 is 12.2 Å². The van der Waals surface area contributed by atoms with Crippen LogP contribution in [0, 0.1) is 0 Å². The van der Waals surface area contributed by atoms with Crippen molar-refractivity contribution in [1.29, 1.82) is 0 Å². The van der Waals surface area contributed by atoms with Crippen molar-refractivity contribution in [2.45, 2.75) is 6.92 Å². The Balaban J connectivity index is 3.88. The number of thiocarbonyl (C=S) groups is 1. The molecular formula is C8H13NS. The lowest BCUT2D eigenvalue weighted by molar-refractivity contribution is 0.563. The second kappa shape index (κ2) is 5.18. The molecule has 0 aromatic heterocycles. The van der Waals surface area contributed by atoms with E-state index in [1.807, 2.05) is 44.3 Å². The van der Waals surface area contributed by atoms with Gasteiger partial charge in [-0.25, -0.2) is 0 Å². The fourth-order valence-electron chi connectivity index (χ4n) is 0.430. The normalized spacial score (nSPS) is 12.1. The molecule has 0 spiro atoms. The van der Waals surface area contributed by atoms with Crippen LogP contribution in [0.25, 0.3) is 0 Å². The van der Waals surface area contributed by atoms with Crippen LogP contribution < -0.4 is 0 Å². The van der Waals surface area contributed by atoms with Crippen molar-refractivity contribution in [1.82, 2.24) is 4.90 Å². The molecule has 56 valence electrons. The van der Waals surface area contributed by atoms with Gasteiger partial charge in [0.25, 0.3) is 0 Å². The summed E-state index contributed by atoms with van der Waals surface area (Å²) in [5, 5.41) is 1.62. The van der Waals surface area contributed by atoms with E-state index in [0.717, 1.165) is 0 Å². The van der Waals surface area contributed by atoms with Crippen molar-refractivity contribution in [3.8, 4) is 0 Å². The van der Waals surface area contributed by atoms with Crippen LogP contribution in [0.5, 0.6) is 0 Å². The highest BCUT2D eigenvalue weighted by molar-refractivity contribution is 7.79.